The van der Waals surface area contributed by atoms with Gasteiger partial charge >= 0.3 is 0 Å². The van der Waals surface area contributed by atoms with Crippen molar-refractivity contribution in [1.82, 2.24) is 4.90 Å². The molecule has 1 fully saturated rings. The number of nitrogens with one attached hydrogen (secondary N) is 1. The first kappa shape index (κ1) is 16.1. The molecule has 2 rings (SSSR count). The van der Waals surface area contributed by atoms with E-state index in [1.165, 1.54) is 0 Å². The number of hydrogen-bond donors (Lipinski definition) is 3. The Balaban J connectivity index is 2.15. The van der Waals surface area contributed by atoms with Gasteiger partial charge in [-0.25, -0.2) is 0 Å². The van der Waals surface area contributed by atoms with Gasteiger partial charge in [-0.1, -0.05) is 11.6 Å². The molecule has 1 unspecified atom stereocenters. The van der Waals surface area contributed by atoms with Gasteiger partial charge in [0.2, 0.25) is 0 Å². The van der Waals surface area contributed by atoms with Gasteiger partial charge in [0.05, 0.1) is 18.3 Å². The molecule has 0 spiro atoms. The van der Waals surface area contributed by atoms with Crippen LogP contribution in [-0.4, -0.2) is 53.4 Å². The number of carbonyl (C=O) groups is 1. The summed E-state index contributed by atoms with van der Waals surface area (Å²) in [5.74, 6) is -0.0433. The quantitative estimate of drug-likeness (QED) is 0.774. The fraction of sp³-hybridized carbons (Fsp3) is 0.533. The normalized spacial score (nSPS) is 16.6. The summed E-state index contributed by atoms with van der Waals surface area (Å²) in [6.07, 6.45) is 2.35. The van der Waals surface area contributed by atoms with E-state index >= 15 is 0 Å². The molecule has 1 aliphatic rings. The number of aliphatic hydroxyl groups excluding tert-OH is 2. The highest BCUT2D eigenvalue weighted by atomic mass is 35.5. The van der Waals surface area contributed by atoms with Crippen molar-refractivity contribution in [2.75, 3.05) is 31.6 Å². The van der Waals surface area contributed by atoms with Crippen LogP contribution in [0.25, 0.3) is 0 Å². The molecular weight excluding hydrogens is 292 g/mol. The molecule has 0 radical (unpaired) electrons. The first-order valence-electron chi connectivity index (χ1n) is 7.23. The molecule has 5 nitrogen and oxygen atoms in total. The predicted octanol–water partition coefficient (Wildman–Crippen LogP) is 1.73. The molecule has 0 aliphatic carbocycles. The van der Waals surface area contributed by atoms with Crippen LogP contribution < -0.4 is 5.32 Å². The first-order chi connectivity index (χ1) is 10.1. The second kappa shape index (κ2) is 7.64. The molecule has 1 aromatic carbocycles. The molecule has 1 saturated heterocycles. The highest BCUT2D eigenvalue weighted by molar-refractivity contribution is 6.31. The fourth-order valence-corrected chi connectivity index (χ4v) is 2.58. The zero-order valence-electron chi connectivity index (χ0n) is 11.9. The summed E-state index contributed by atoms with van der Waals surface area (Å²) in [4.78, 5) is 14.4. The van der Waals surface area contributed by atoms with Gasteiger partial charge in [0.1, 0.15) is 0 Å². The first-order valence-corrected chi connectivity index (χ1v) is 7.61. The maximum atomic E-state index is 12.6. The van der Waals surface area contributed by atoms with Crippen molar-refractivity contribution in [1.29, 1.82) is 0 Å². The molecule has 0 bridgehead atoms. The van der Waals surface area contributed by atoms with Crippen molar-refractivity contribution in [2.24, 2.45) is 0 Å². The minimum absolute atomic E-state index is 0.0433. The van der Waals surface area contributed by atoms with E-state index in [0.29, 0.717) is 16.3 Å². The summed E-state index contributed by atoms with van der Waals surface area (Å²) in [7, 11) is 0. The smallest absolute Gasteiger partial charge is 0.256 e. The molecule has 1 aromatic rings. The zero-order chi connectivity index (χ0) is 15.2. The minimum atomic E-state index is -0.862. The summed E-state index contributed by atoms with van der Waals surface area (Å²) in [5.41, 5.74) is 1.14. The predicted molar refractivity (Wildman–Crippen MR) is 82.8 cm³/mol. The van der Waals surface area contributed by atoms with E-state index in [-0.39, 0.29) is 19.1 Å². The second-order valence-electron chi connectivity index (χ2n) is 5.26. The summed E-state index contributed by atoms with van der Waals surface area (Å²) >= 11 is 6.00. The Morgan fingerprint density at radius 3 is 2.71 bits per heavy atom. The van der Waals surface area contributed by atoms with Crippen molar-refractivity contribution < 1.29 is 15.0 Å². The van der Waals surface area contributed by atoms with Crippen LogP contribution in [0.2, 0.25) is 5.02 Å². The number of likely N-dealkylation sites (tertiary alicyclic amines) is 1. The molecule has 6 heteroatoms. The third-order valence-corrected chi connectivity index (χ3v) is 3.83. The molecule has 1 amide bonds. The average molecular weight is 313 g/mol. The number of benzene rings is 1. The molecule has 3 N–H and O–H groups in total. The molecule has 0 saturated carbocycles. The Bertz CT molecular complexity index is 490. The van der Waals surface area contributed by atoms with E-state index in [9.17, 15) is 9.90 Å². The van der Waals surface area contributed by atoms with Gasteiger partial charge in [-0.2, -0.15) is 0 Å². The second-order valence-corrected chi connectivity index (χ2v) is 5.70. The van der Waals surface area contributed by atoms with Crippen LogP contribution in [0.3, 0.4) is 0 Å². The Morgan fingerprint density at radius 2 is 2.05 bits per heavy atom. The van der Waals surface area contributed by atoms with Crippen molar-refractivity contribution >= 4 is 23.2 Å². The molecule has 1 aliphatic heterocycles. The van der Waals surface area contributed by atoms with Crippen LogP contribution in [0.1, 0.15) is 29.6 Å². The maximum Gasteiger partial charge on any atom is 0.256 e. The third-order valence-electron chi connectivity index (χ3n) is 3.59. The Kier molecular flexibility index (Phi) is 5.85. The minimum Gasteiger partial charge on any atom is -0.394 e. The molecule has 21 heavy (non-hydrogen) atoms. The number of piperidine rings is 1. The highest BCUT2D eigenvalue weighted by Gasteiger charge is 2.21. The average Bonchev–Trinajstić information content (AvgIpc) is 2.53. The lowest BCUT2D eigenvalue weighted by atomic mass is 10.1. The number of hydrogen-bond acceptors (Lipinski definition) is 4. The summed E-state index contributed by atoms with van der Waals surface area (Å²) in [6, 6.07) is 5.07. The van der Waals surface area contributed by atoms with Crippen molar-refractivity contribution in [3.05, 3.63) is 28.8 Å². The maximum absolute atomic E-state index is 12.6. The van der Waals surface area contributed by atoms with Gasteiger partial charge in [-0.3, -0.25) is 4.79 Å². The Morgan fingerprint density at radius 1 is 1.33 bits per heavy atom. The van der Waals surface area contributed by atoms with Crippen molar-refractivity contribution in [3.63, 3.8) is 0 Å². The number of aliphatic hydroxyl groups is 2. The van der Waals surface area contributed by atoms with Crippen LogP contribution >= 0.6 is 11.6 Å². The van der Waals surface area contributed by atoms with Crippen LogP contribution in [0, 0.1) is 0 Å². The number of rotatable bonds is 5. The summed E-state index contributed by atoms with van der Waals surface area (Å²) in [6.45, 7) is 1.39. The Labute approximate surface area is 129 Å². The molecule has 1 atom stereocenters. The van der Waals surface area contributed by atoms with Gasteiger partial charge < -0.3 is 20.4 Å². The molecule has 1 heterocycles. The van der Waals surface area contributed by atoms with Gasteiger partial charge in [-0.05, 0) is 37.5 Å². The van der Waals surface area contributed by atoms with Crippen LogP contribution in [-0.2, 0) is 0 Å². The van der Waals surface area contributed by atoms with Crippen LogP contribution in [0.15, 0.2) is 18.2 Å². The van der Waals surface area contributed by atoms with E-state index in [1.54, 1.807) is 18.2 Å². The van der Waals surface area contributed by atoms with E-state index in [4.69, 9.17) is 16.7 Å². The highest BCUT2D eigenvalue weighted by Crippen LogP contribution is 2.24. The standard InChI is InChI=1S/C15H21ClN2O3/c16-11-4-5-14(17-9-12(20)10-19)13(8-11)15(21)18-6-2-1-3-7-18/h4-5,8,12,17,19-20H,1-3,6-7,9-10H2. The monoisotopic (exact) mass is 312 g/mol. The van der Waals surface area contributed by atoms with Gasteiger partial charge in [0.25, 0.3) is 5.91 Å². The number of amides is 1. The fourth-order valence-electron chi connectivity index (χ4n) is 2.41. The van der Waals surface area contributed by atoms with Gasteiger partial charge in [0, 0.05) is 30.3 Å². The topological polar surface area (TPSA) is 72.8 Å². The number of carbonyl (C=O) groups excluding carboxylic acids is 1. The zero-order valence-corrected chi connectivity index (χ0v) is 12.6. The lowest BCUT2D eigenvalue weighted by Gasteiger charge is -2.27. The van der Waals surface area contributed by atoms with Crippen LogP contribution in [0.5, 0.6) is 0 Å². The number of nitrogens with zero attached hydrogens (tertiary/aromatic N) is 1. The Hall–Kier alpha value is -1.30. The van der Waals surface area contributed by atoms with Gasteiger partial charge in [-0.15, -0.1) is 0 Å². The number of halogens is 1. The van der Waals surface area contributed by atoms with E-state index < -0.39 is 6.10 Å². The van der Waals surface area contributed by atoms with Crippen LogP contribution in [0.4, 0.5) is 5.69 Å². The van der Waals surface area contributed by atoms with E-state index in [2.05, 4.69) is 5.32 Å². The SMILES string of the molecule is O=C(c1cc(Cl)ccc1NCC(O)CO)N1CCCCC1. The summed E-state index contributed by atoms with van der Waals surface area (Å²) < 4.78 is 0. The molecular formula is C15H21ClN2O3. The van der Waals surface area contributed by atoms with Crippen molar-refractivity contribution in [2.45, 2.75) is 25.4 Å². The third kappa shape index (κ3) is 4.33. The van der Waals surface area contributed by atoms with E-state index in [1.807, 2.05) is 4.90 Å². The van der Waals surface area contributed by atoms with Gasteiger partial charge in [0.15, 0.2) is 0 Å². The lowest BCUT2D eigenvalue weighted by molar-refractivity contribution is 0.0725. The molecule has 0 aromatic heterocycles. The lowest BCUT2D eigenvalue weighted by Crippen LogP contribution is -2.36. The molecule has 116 valence electrons. The van der Waals surface area contributed by atoms with E-state index in [0.717, 1.165) is 32.4 Å². The number of anilines is 1. The van der Waals surface area contributed by atoms with Crippen molar-refractivity contribution in [3.8, 4) is 0 Å². The summed E-state index contributed by atoms with van der Waals surface area (Å²) in [5, 5.41) is 21.8. The largest absolute Gasteiger partial charge is 0.394 e.